The number of allylic oxidation sites excluding steroid dienone is 1. The highest BCUT2D eigenvalue weighted by atomic mass is 35.5. The molecule has 0 saturated heterocycles. The summed E-state index contributed by atoms with van der Waals surface area (Å²) >= 11 is 6.45. The number of nitrogens with one attached hydrogen (secondary N) is 2. The fourth-order valence-corrected chi connectivity index (χ4v) is 4.61. The van der Waals surface area contributed by atoms with Gasteiger partial charge in [-0.15, -0.1) is 0 Å². The first-order chi connectivity index (χ1) is 14.2. The maximum absolute atomic E-state index is 13.4. The number of carbonyl (C=O) groups is 1. The molecule has 1 aromatic heterocycles. The highest BCUT2D eigenvalue weighted by Gasteiger charge is 2.36. The minimum atomic E-state index is -0.241. The summed E-state index contributed by atoms with van der Waals surface area (Å²) in [7, 11) is 0. The summed E-state index contributed by atoms with van der Waals surface area (Å²) in [6, 6.07) is 19.5. The molecule has 0 saturated carbocycles. The second kappa shape index (κ2) is 7.37. The van der Waals surface area contributed by atoms with Gasteiger partial charge in [-0.05, 0) is 47.7 Å². The zero-order valence-corrected chi connectivity index (χ0v) is 16.5. The Labute approximate surface area is 174 Å². The van der Waals surface area contributed by atoms with Gasteiger partial charge in [-0.2, -0.15) is 0 Å². The topological polar surface area (TPSA) is 54.0 Å². The van der Waals surface area contributed by atoms with Crippen LogP contribution in [0.25, 0.3) is 0 Å². The molecule has 0 bridgehead atoms. The van der Waals surface area contributed by atoms with Gasteiger partial charge >= 0.3 is 0 Å². The quantitative estimate of drug-likeness (QED) is 0.577. The molecule has 0 fully saturated rings. The van der Waals surface area contributed by atoms with Crippen LogP contribution in [0.2, 0.25) is 5.02 Å². The number of carbonyl (C=O) groups excluding carboxylic acids is 1. The van der Waals surface area contributed by atoms with Gasteiger partial charge in [-0.25, -0.2) is 0 Å². The first-order valence-electron chi connectivity index (χ1n) is 9.74. The number of ketones is 1. The lowest BCUT2D eigenvalue weighted by Gasteiger charge is -2.30. The van der Waals surface area contributed by atoms with Crippen LogP contribution in [-0.2, 0) is 4.79 Å². The number of anilines is 2. The van der Waals surface area contributed by atoms with Crippen molar-refractivity contribution in [3.8, 4) is 0 Å². The second-order valence-electron chi connectivity index (χ2n) is 7.48. The number of hydrogen-bond acceptors (Lipinski definition) is 4. The van der Waals surface area contributed by atoms with Crippen molar-refractivity contribution in [1.82, 2.24) is 4.98 Å². The van der Waals surface area contributed by atoms with Crippen molar-refractivity contribution < 1.29 is 4.79 Å². The number of aromatic nitrogens is 1. The van der Waals surface area contributed by atoms with Crippen molar-refractivity contribution >= 4 is 28.8 Å². The van der Waals surface area contributed by atoms with Crippen molar-refractivity contribution in [3.05, 3.63) is 100 Å². The van der Waals surface area contributed by atoms with Gasteiger partial charge in [0.1, 0.15) is 0 Å². The van der Waals surface area contributed by atoms with Gasteiger partial charge in [-0.1, -0.05) is 48.0 Å². The van der Waals surface area contributed by atoms with Crippen molar-refractivity contribution in [1.29, 1.82) is 0 Å². The standard InChI is InChI=1S/C24H20ClN3O/c25-18-8-2-1-7-17(18)16-12-21-23(22(29)13-16)24(15-6-5-11-26-14-15)28-20-10-4-3-9-19(20)27-21/h1-11,14,16,24,27-28H,12-13H2/t16-,24+/m0/s1. The number of fused-ring (bicyclic) bond motifs is 1. The fraction of sp³-hybridized carbons (Fsp3) is 0.167. The number of benzene rings is 2. The third kappa shape index (κ3) is 3.30. The molecule has 1 aliphatic heterocycles. The van der Waals surface area contributed by atoms with E-state index >= 15 is 0 Å². The van der Waals surface area contributed by atoms with Gasteiger partial charge in [-0.3, -0.25) is 9.78 Å². The summed E-state index contributed by atoms with van der Waals surface area (Å²) in [6.45, 7) is 0. The molecule has 0 unspecified atom stereocenters. The Hall–Kier alpha value is -3.11. The average molecular weight is 402 g/mol. The zero-order chi connectivity index (χ0) is 19.8. The lowest BCUT2D eigenvalue weighted by Crippen LogP contribution is -2.27. The number of para-hydroxylation sites is 2. The molecule has 2 aromatic carbocycles. The van der Waals surface area contributed by atoms with E-state index in [-0.39, 0.29) is 17.7 Å². The van der Waals surface area contributed by atoms with E-state index in [1.165, 1.54) is 0 Å². The zero-order valence-electron chi connectivity index (χ0n) is 15.7. The summed E-state index contributed by atoms with van der Waals surface area (Å²) in [5.74, 6) is 0.195. The molecule has 2 atom stereocenters. The first kappa shape index (κ1) is 18.0. The molecule has 1 aliphatic carbocycles. The molecule has 0 radical (unpaired) electrons. The lowest BCUT2D eigenvalue weighted by molar-refractivity contribution is -0.116. The lowest BCUT2D eigenvalue weighted by atomic mass is 9.78. The number of Topliss-reactive ketones (excluding diaryl/α,β-unsaturated/α-hetero) is 1. The van der Waals surface area contributed by atoms with Crippen LogP contribution in [0.5, 0.6) is 0 Å². The summed E-state index contributed by atoms with van der Waals surface area (Å²) in [6.07, 6.45) is 4.75. The van der Waals surface area contributed by atoms with Crippen LogP contribution < -0.4 is 10.6 Å². The average Bonchev–Trinajstić information content (AvgIpc) is 2.91. The second-order valence-corrected chi connectivity index (χ2v) is 7.88. The SMILES string of the molecule is O=C1C[C@@H](c2ccccc2Cl)CC2=C1[C@@H](c1cccnc1)Nc1ccccc1N2. The molecule has 144 valence electrons. The van der Waals surface area contributed by atoms with Crippen LogP contribution in [0.1, 0.15) is 35.9 Å². The van der Waals surface area contributed by atoms with Gasteiger partial charge in [0.25, 0.3) is 0 Å². The van der Waals surface area contributed by atoms with Gasteiger partial charge in [0.15, 0.2) is 5.78 Å². The number of pyridine rings is 1. The van der Waals surface area contributed by atoms with E-state index in [1.54, 1.807) is 6.20 Å². The van der Waals surface area contributed by atoms with Crippen LogP contribution >= 0.6 is 11.6 Å². The molecule has 2 N–H and O–H groups in total. The van der Waals surface area contributed by atoms with Crippen LogP contribution in [0.4, 0.5) is 11.4 Å². The van der Waals surface area contributed by atoms with Crippen LogP contribution in [0, 0.1) is 0 Å². The molecule has 29 heavy (non-hydrogen) atoms. The molecule has 5 heteroatoms. The minimum absolute atomic E-state index is 0.0576. The van der Waals surface area contributed by atoms with E-state index in [0.717, 1.165) is 40.2 Å². The van der Waals surface area contributed by atoms with Crippen LogP contribution in [0.15, 0.2) is 84.3 Å². The molecule has 2 aliphatic rings. The number of rotatable bonds is 2. The van der Waals surface area contributed by atoms with Crippen molar-refractivity contribution in [3.63, 3.8) is 0 Å². The Balaban J connectivity index is 1.62. The summed E-state index contributed by atoms with van der Waals surface area (Å²) in [5, 5.41) is 7.82. The molecule has 0 amide bonds. The number of nitrogens with zero attached hydrogens (tertiary/aromatic N) is 1. The third-order valence-corrected chi connectivity index (χ3v) is 6.02. The third-order valence-electron chi connectivity index (χ3n) is 5.67. The largest absolute Gasteiger partial charge is 0.372 e. The van der Waals surface area contributed by atoms with E-state index in [0.29, 0.717) is 11.4 Å². The summed E-state index contributed by atoms with van der Waals surface area (Å²) in [4.78, 5) is 17.7. The van der Waals surface area contributed by atoms with E-state index in [9.17, 15) is 4.79 Å². The van der Waals surface area contributed by atoms with Crippen LogP contribution in [-0.4, -0.2) is 10.8 Å². The molecule has 2 heterocycles. The Morgan fingerprint density at radius 1 is 0.931 bits per heavy atom. The smallest absolute Gasteiger partial charge is 0.163 e. The van der Waals surface area contributed by atoms with Crippen molar-refractivity contribution in [2.24, 2.45) is 0 Å². The van der Waals surface area contributed by atoms with E-state index in [2.05, 4.69) is 15.6 Å². The molecule has 0 spiro atoms. The predicted molar refractivity (Wildman–Crippen MR) is 116 cm³/mol. The van der Waals surface area contributed by atoms with Crippen molar-refractivity contribution in [2.45, 2.75) is 24.8 Å². The predicted octanol–water partition coefficient (Wildman–Crippen LogP) is 5.71. The molecular weight excluding hydrogens is 382 g/mol. The minimum Gasteiger partial charge on any atom is -0.372 e. The number of halogens is 1. The van der Waals surface area contributed by atoms with Gasteiger partial charge in [0.2, 0.25) is 0 Å². The van der Waals surface area contributed by atoms with Gasteiger partial charge in [0.05, 0.1) is 17.4 Å². The summed E-state index contributed by atoms with van der Waals surface area (Å²) < 4.78 is 0. The number of hydrogen-bond donors (Lipinski definition) is 2. The van der Waals surface area contributed by atoms with E-state index in [1.807, 2.05) is 66.9 Å². The monoisotopic (exact) mass is 401 g/mol. The van der Waals surface area contributed by atoms with E-state index in [4.69, 9.17) is 11.6 Å². The first-order valence-corrected chi connectivity index (χ1v) is 10.1. The Morgan fingerprint density at radius 2 is 1.72 bits per heavy atom. The molecule has 5 rings (SSSR count). The molecular formula is C24H20ClN3O. The maximum Gasteiger partial charge on any atom is 0.163 e. The van der Waals surface area contributed by atoms with Crippen molar-refractivity contribution in [2.75, 3.05) is 10.6 Å². The normalized spacial score (nSPS) is 20.8. The van der Waals surface area contributed by atoms with Gasteiger partial charge < -0.3 is 10.6 Å². The Bertz CT molecular complexity index is 1110. The maximum atomic E-state index is 13.4. The van der Waals surface area contributed by atoms with E-state index < -0.39 is 0 Å². The van der Waals surface area contributed by atoms with Crippen LogP contribution in [0.3, 0.4) is 0 Å². The highest BCUT2D eigenvalue weighted by molar-refractivity contribution is 6.31. The molecule has 3 aromatic rings. The fourth-order valence-electron chi connectivity index (χ4n) is 4.32. The molecule has 4 nitrogen and oxygen atoms in total. The Kier molecular flexibility index (Phi) is 4.57. The highest BCUT2D eigenvalue weighted by Crippen LogP contribution is 2.44. The summed E-state index contributed by atoms with van der Waals surface area (Å²) in [5.41, 5.74) is 5.69. The van der Waals surface area contributed by atoms with Gasteiger partial charge in [0, 0.05) is 35.1 Å². The Morgan fingerprint density at radius 3 is 2.52 bits per heavy atom.